The molecule has 0 saturated heterocycles. The van der Waals surface area contributed by atoms with Crippen LogP contribution in [0.2, 0.25) is 0 Å². The molecule has 18 nitrogen and oxygen atoms in total. The highest BCUT2D eigenvalue weighted by Crippen LogP contribution is 2.34. The van der Waals surface area contributed by atoms with Gasteiger partial charge in [-0.1, -0.05) is 60.6 Å². The standard InChI is InChI=1S/C48H71N5O13/c1-27-19-34(65-48(49)58)22-43(57)66-41(21-30(4)28(2)15-16-38(55)31(5)44(60-10)29(3)17-18-53(8)26-54)33(7)40(59-9)13-12-14-42-50-36(24-62-42)46-52-37(25-64-46)47-51-35(23-63-47)45(61-11)32(6)39(56)20-27/h12,14,17-18,23-34,39-41,44-45,56H,13,15-16,19-22H2,1-11H3,(H2,49,58). The second kappa shape index (κ2) is 25.7. The van der Waals surface area contributed by atoms with E-state index in [1.807, 2.05) is 46.8 Å². The summed E-state index contributed by atoms with van der Waals surface area (Å²) in [5, 5.41) is 11.4. The summed E-state index contributed by atoms with van der Waals surface area (Å²) in [7, 11) is 6.33. The molecular formula is C48H71N5O13. The third-order valence-electron chi connectivity index (χ3n) is 13.0. The first-order valence-corrected chi connectivity index (χ1v) is 22.7. The molecule has 1 aliphatic rings. The number of carbonyl (C=O) groups excluding carboxylic acids is 4. The second-order valence-corrected chi connectivity index (χ2v) is 18.1. The van der Waals surface area contributed by atoms with Crippen LogP contribution in [-0.2, 0) is 38.1 Å². The van der Waals surface area contributed by atoms with Crippen LogP contribution in [0.5, 0.6) is 0 Å². The number of amides is 2. The minimum atomic E-state index is -1.03. The summed E-state index contributed by atoms with van der Waals surface area (Å²) in [5.41, 5.74) is 6.61. The molecule has 0 fully saturated rings. The van der Waals surface area contributed by atoms with Gasteiger partial charge in [0.1, 0.15) is 48.6 Å². The lowest BCUT2D eigenvalue weighted by Crippen LogP contribution is -2.37. The van der Waals surface area contributed by atoms with Gasteiger partial charge in [0, 0.05) is 64.7 Å². The highest BCUT2D eigenvalue weighted by atomic mass is 16.6. The molecule has 0 aliphatic carbocycles. The Bertz CT molecular complexity index is 2040. The van der Waals surface area contributed by atoms with E-state index >= 15 is 0 Å². The number of aliphatic hydroxyl groups is 1. The molecule has 4 rings (SSSR count). The van der Waals surface area contributed by atoms with E-state index in [1.54, 1.807) is 33.5 Å². The largest absolute Gasteiger partial charge is 0.462 e. The second-order valence-electron chi connectivity index (χ2n) is 18.1. The highest BCUT2D eigenvalue weighted by molar-refractivity contribution is 5.81. The molecule has 13 atom stereocenters. The Hall–Kier alpha value is -5.17. The number of oxazole rings is 3. The maximum absolute atomic E-state index is 13.9. The summed E-state index contributed by atoms with van der Waals surface area (Å²) >= 11 is 0. The van der Waals surface area contributed by atoms with Crippen LogP contribution >= 0.6 is 0 Å². The van der Waals surface area contributed by atoms with Crippen molar-refractivity contribution in [2.45, 2.75) is 130 Å². The molecule has 3 aromatic heterocycles. The van der Waals surface area contributed by atoms with Gasteiger partial charge in [-0.05, 0) is 55.9 Å². The minimum absolute atomic E-state index is 0.00120. The number of ketones is 1. The molecule has 2 amide bonds. The molecule has 1 aliphatic heterocycles. The first-order chi connectivity index (χ1) is 31.4. The van der Waals surface area contributed by atoms with E-state index < -0.39 is 48.5 Å². The molecule has 3 aromatic rings. The first-order valence-electron chi connectivity index (χ1n) is 22.7. The van der Waals surface area contributed by atoms with Crippen LogP contribution in [0.15, 0.2) is 50.4 Å². The molecular weight excluding hydrogens is 855 g/mol. The Balaban J connectivity index is 1.58. The zero-order chi connectivity index (χ0) is 48.7. The number of hydrogen-bond donors (Lipinski definition) is 2. The van der Waals surface area contributed by atoms with E-state index in [1.165, 1.54) is 30.8 Å². The topological polar surface area (TPSA) is 242 Å². The van der Waals surface area contributed by atoms with Crippen molar-refractivity contribution < 1.29 is 61.2 Å². The van der Waals surface area contributed by atoms with Gasteiger partial charge in [0.15, 0.2) is 11.4 Å². The van der Waals surface area contributed by atoms with Crippen LogP contribution in [-0.4, -0.2) is 108 Å². The molecule has 3 N–H and O–H groups in total. The molecule has 0 aromatic carbocycles. The maximum Gasteiger partial charge on any atom is 0.404 e. The van der Waals surface area contributed by atoms with E-state index in [0.717, 1.165) is 0 Å². The summed E-state index contributed by atoms with van der Waals surface area (Å²) in [6.07, 6.45) is 9.09. The van der Waals surface area contributed by atoms with Crippen molar-refractivity contribution >= 4 is 30.3 Å². The van der Waals surface area contributed by atoms with Crippen LogP contribution in [0.1, 0.15) is 111 Å². The number of rotatable bonds is 16. The van der Waals surface area contributed by atoms with E-state index in [2.05, 4.69) is 28.8 Å². The molecule has 4 heterocycles. The molecule has 18 heteroatoms. The van der Waals surface area contributed by atoms with Gasteiger partial charge < -0.3 is 52.7 Å². The lowest BCUT2D eigenvalue weighted by Gasteiger charge is -2.33. The number of fused-ring (bicyclic) bond motifs is 8. The van der Waals surface area contributed by atoms with Crippen molar-refractivity contribution in [2.75, 3.05) is 28.4 Å². The molecule has 66 heavy (non-hydrogen) atoms. The van der Waals surface area contributed by atoms with E-state index in [0.29, 0.717) is 55.1 Å². The fraction of sp³-hybridized carbons (Fsp3) is 0.646. The number of aliphatic hydroxyl groups excluding tert-OH is 1. The Morgan fingerprint density at radius 1 is 0.939 bits per heavy atom. The summed E-state index contributed by atoms with van der Waals surface area (Å²) in [6, 6.07) is 0. The van der Waals surface area contributed by atoms with Crippen molar-refractivity contribution in [3.05, 3.63) is 48.7 Å². The summed E-state index contributed by atoms with van der Waals surface area (Å²) in [4.78, 5) is 65.6. The summed E-state index contributed by atoms with van der Waals surface area (Å²) in [5.74, 6) is -1.32. The number of Topliss-reactive ketones (excluding diaryl/α,β-unsaturated/α-hetero) is 1. The molecule has 0 spiro atoms. The van der Waals surface area contributed by atoms with Gasteiger partial charge in [0.05, 0.1) is 24.7 Å². The fourth-order valence-electron chi connectivity index (χ4n) is 8.60. The Kier molecular flexibility index (Phi) is 20.8. The molecule has 6 bridgehead atoms. The van der Waals surface area contributed by atoms with E-state index in [9.17, 15) is 24.3 Å². The molecule has 366 valence electrons. The molecule has 13 unspecified atom stereocenters. The number of esters is 1. The fourth-order valence-corrected chi connectivity index (χ4v) is 8.60. The number of nitrogens with two attached hydrogens (primary N) is 1. The van der Waals surface area contributed by atoms with Gasteiger partial charge in [0.25, 0.3) is 0 Å². The summed E-state index contributed by atoms with van der Waals surface area (Å²) < 4.78 is 46.4. The van der Waals surface area contributed by atoms with Crippen LogP contribution < -0.4 is 5.73 Å². The zero-order valence-electron chi connectivity index (χ0n) is 40.3. The van der Waals surface area contributed by atoms with Crippen LogP contribution in [0.3, 0.4) is 0 Å². The number of ether oxygens (including phenoxy) is 5. The van der Waals surface area contributed by atoms with E-state index in [-0.39, 0.29) is 78.4 Å². The number of carbonyl (C=O) groups is 4. The maximum atomic E-state index is 13.9. The zero-order valence-corrected chi connectivity index (χ0v) is 40.3. The van der Waals surface area contributed by atoms with Crippen LogP contribution in [0, 0.1) is 41.4 Å². The van der Waals surface area contributed by atoms with Crippen molar-refractivity contribution in [3.8, 4) is 23.2 Å². The first kappa shape index (κ1) is 53.4. The smallest absolute Gasteiger partial charge is 0.404 e. The predicted octanol–water partition coefficient (Wildman–Crippen LogP) is 7.82. The number of nitrogens with zero attached hydrogens (tertiary/aromatic N) is 4. The third-order valence-corrected chi connectivity index (χ3v) is 13.0. The number of hydrogen-bond acceptors (Lipinski definition) is 16. The van der Waals surface area contributed by atoms with Crippen molar-refractivity contribution in [1.82, 2.24) is 19.9 Å². The lowest BCUT2D eigenvalue weighted by molar-refractivity contribution is -0.158. The van der Waals surface area contributed by atoms with Crippen LogP contribution in [0.4, 0.5) is 4.79 Å². The minimum Gasteiger partial charge on any atom is -0.462 e. The molecule has 0 saturated carbocycles. The van der Waals surface area contributed by atoms with Gasteiger partial charge >= 0.3 is 12.1 Å². The van der Waals surface area contributed by atoms with Gasteiger partial charge in [-0.3, -0.25) is 14.4 Å². The Morgan fingerprint density at radius 3 is 2.29 bits per heavy atom. The average Bonchev–Trinajstić information content (AvgIpc) is 4.07. The van der Waals surface area contributed by atoms with Gasteiger partial charge in [-0.2, -0.15) is 0 Å². The average molecular weight is 926 g/mol. The summed E-state index contributed by atoms with van der Waals surface area (Å²) in [6.45, 7) is 13.6. The van der Waals surface area contributed by atoms with Crippen molar-refractivity contribution in [3.63, 3.8) is 0 Å². The normalized spacial score (nSPS) is 26.0. The lowest BCUT2D eigenvalue weighted by atomic mass is 9.81. The van der Waals surface area contributed by atoms with Gasteiger partial charge in [0.2, 0.25) is 24.1 Å². The number of cyclic esters (lactones) is 1. The Morgan fingerprint density at radius 2 is 1.62 bits per heavy atom. The predicted molar refractivity (Wildman–Crippen MR) is 243 cm³/mol. The van der Waals surface area contributed by atoms with Gasteiger partial charge in [-0.15, -0.1) is 0 Å². The van der Waals surface area contributed by atoms with Crippen molar-refractivity contribution in [1.29, 1.82) is 0 Å². The Labute approximate surface area is 388 Å². The van der Waals surface area contributed by atoms with Gasteiger partial charge in [-0.25, -0.2) is 19.7 Å². The highest BCUT2D eigenvalue weighted by Gasteiger charge is 2.35. The number of methoxy groups -OCH3 is 3. The number of aromatic nitrogens is 3. The molecule has 0 radical (unpaired) electrons. The van der Waals surface area contributed by atoms with Crippen molar-refractivity contribution in [2.24, 2.45) is 47.2 Å². The third kappa shape index (κ3) is 15.2. The number of primary amides is 1. The quantitative estimate of drug-likeness (QED) is 0.103. The van der Waals surface area contributed by atoms with E-state index in [4.69, 9.17) is 42.7 Å². The monoisotopic (exact) mass is 926 g/mol. The van der Waals surface area contributed by atoms with Crippen LogP contribution in [0.25, 0.3) is 29.2 Å². The SMILES string of the molecule is COC1CC=Cc2nc(co2)-c2nc(co2)-c2nc(co2)C(OC)C(C)C(O)CC(C)CC(OC(N)=O)CC(=O)OC(CC(C)C(C)CCC(=O)C(C)C(OC)C(C)C=CN(C)C=O)C1C.